The smallest absolute Gasteiger partial charge is 0.103 e. The molecule has 1 aliphatic rings. The fraction of sp³-hybridized carbons (Fsp3) is 0.714. The van der Waals surface area contributed by atoms with Gasteiger partial charge in [0.15, 0.2) is 0 Å². The zero-order valence-electron chi connectivity index (χ0n) is 5.60. The Balaban J connectivity index is 2.04. The van der Waals surface area contributed by atoms with Crippen LogP contribution in [0.2, 0.25) is 0 Å². The number of rotatable bonds is 3. The second-order valence-electron chi connectivity index (χ2n) is 2.29. The van der Waals surface area contributed by atoms with E-state index >= 15 is 0 Å². The predicted octanol–water partition coefficient (Wildman–Crippen LogP) is 0.898. The first-order valence-corrected chi connectivity index (χ1v) is 3.39. The first-order valence-electron chi connectivity index (χ1n) is 3.39. The Kier molecular flexibility index (Phi) is 2.58. The van der Waals surface area contributed by atoms with Gasteiger partial charge < -0.3 is 10.1 Å². The van der Waals surface area contributed by atoms with Crippen LogP contribution in [0.1, 0.15) is 12.8 Å². The van der Waals surface area contributed by atoms with E-state index in [1.807, 2.05) is 0 Å². The molecule has 1 rings (SSSR count). The molecule has 0 spiro atoms. The van der Waals surface area contributed by atoms with E-state index in [2.05, 4.69) is 11.9 Å². The lowest BCUT2D eigenvalue weighted by Crippen LogP contribution is -2.25. The summed E-state index contributed by atoms with van der Waals surface area (Å²) in [5.41, 5.74) is 0. The summed E-state index contributed by atoms with van der Waals surface area (Å²) in [5.74, 6) is 0. The summed E-state index contributed by atoms with van der Waals surface area (Å²) < 4.78 is 5.02. The average molecular weight is 127 g/mol. The van der Waals surface area contributed by atoms with Gasteiger partial charge in [0.25, 0.3) is 0 Å². The van der Waals surface area contributed by atoms with Crippen molar-refractivity contribution in [1.29, 1.82) is 0 Å². The van der Waals surface area contributed by atoms with Gasteiger partial charge in [-0.1, -0.05) is 6.58 Å². The molecule has 1 heterocycles. The van der Waals surface area contributed by atoms with E-state index in [-0.39, 0.29) is 0 Å². The minimum atomic E-state index is 0.572. The molecule has 0 amide bonds. The third-order valence-electron chi connectivity index (χ3n) is 1.58. The molecular formula is C7H13NO. The van der Waals surface area contributed by atoms with Crippen LogP contribution in [0.15, 0.2) is 12.8 Å². The van der Waals surface area contributed by atoms with Gasteiger partial charge in [0.05, 0.1) is 6.26 Å². The van der Waals surface area contributed by atoms with E-state index < -0.39 is 0 Å². The number of hydrogen-bond acceptors (Lipinski definition) is 2. The maximum atomic E-state index is 5.02. The molecule has 2 nitrogen and oxygen atoms in total. The summed E-state index contributed by atoms with van der Waals surface area (Å²) >= 11 is 0. The lowest BCUT2D eigenvalue weighted by atomic mass is 10.2. The van der Waals surface area contributed by atoms with Crippen molar-refractivity contribution >= 4 is 0 Å². The molecule has 52 valence electrons. The van der Waals surface area contributed by atoms with Crippen molar-refractivity contribution in [3.8, 4) is 0 Å². The van der Waals surface area contributed by atoms with Crippen LogP contribution in [0.3, 0.4) is 0 Å². The fourth-order valence-electron chi connectivity index (χ4n) is 1.08. The van der Waals surface area contributed by atoms with Gasteiger partial charge in [0.1, 0.15) is 6.61 Å². The van der Waals surface area contributed by atoms with Crippen molar-refractivity contribution in [2.75, 3.05) is 13.2 Å². The SMILES string of the molecule is C=COC[C@@H]1CCCN1. The second-order valence-corrected chi connectivity index (χ2v) is 2.29. The van der Waals surface area contributed by atoms with Gasteiger partial charge in [-0.15, -0.1) is 0 Å². The number of hydrogen-bond donors (Lipinski definition) is 1. The Hall–Kier alpha value is -0.500. The van der Waals surface area contributed by atoms with Gasteiger partial charge in [-0.25, -0.2) is 0 Å². The van der Waals surface area contributed by atoms with Crippen LogP contribution in [-0.2, 0) is 4.74 Å². The van der Waals surface area contributed by atoms with Crippen LogP contribution < -0.4 is 5.32 Å². The standard InChI is InChI=1S/C7H13NO/c1-2-9-6-7-4-3-5-8-7/h2,7-8H,1,3-6H2/t7-/m0/s1. The highest BCUT2D eigenvalue weighted by Crippen LogP contribution is 2.04. The van der Waals surface area contributed by atoms with Crippen LogP contribution in [0.4, 0.5) is 0 Å². The van der Waals surface area contributed by atoms with Gasteiger partial charge >= 0.3 is 0 Å². The highest BCUT2D eigenvalue weighted by molar-refractivity contribution is 4.73. The van der Waals surface area contributed by atoms with E-state index in [9.17, 15) is 0 Å². The highest BCUT2D eigenvalue weighted by Gasteiger charge is 2.12. The molecule has 1 aliphatic heterocycles. The molecule has 2 heteroatoms. The van der Waals surface area contributed by atoms with Crippen molar-refractivity contribution in [2.24, 2.45) is 0 Å². The van der Waals surface area contributed by atoms with E-state index in [1.165, 1.54) is 19.1 Å². The Morgan fingerprint density at radius 1 is 1.78 bits per heavy atom. The molecule has 0 saturated carbocycles. The summed E-state index contributed by atoms with van der Waals surface area (Å²) in [6, 6.07) is 0.572. The van der Waals surface area contributed by atoms with Crippen molar-refractivity contribution in [3.05, 3.63) is 12.8 Å². The van der Waals surface area contributed by atoms with Crippen LogP contribution >= 0.6 is 0 Å². The average Bonchev–Trinajstić information content (AvgIpc) is 2.34. The van der Waals surface area contributed by atoms with Gasteiger partial charge in [-0.2, -0.15) is 0 Å². The largest absolute Gasteiger partial charge is 0.500 e. The monoisotopic (exact) mass is 127 g/mol. The lowest BCUT2D eigenvalue weighted by molar-refractivity contribution is 0.219. The van der Waals surface area contributed by atoms with Crippen molar-refractivity contribution in [3.63, 3.8) is 0 Å². The fourth-order valence-corrected chi connectivity index (χ4v) is 1.08. The molecule has 1 atom stereocenters. The third kappa shape index (κ3) is 2.06. The summed E-state index contributed by atoms with van der Waals surface area (Å²) in [4.78, 5) is 0. The summed E-state index contributed by atoms with van der Waals surface area (Å²) in [6.07, 6.45) is 4.03. The highest BCUT2D eigenvalue weighted by atomic mass is 16.5. The van der Waals surface area contributed by atoms with Crippen LogP contribution in [0.25, 0.3) is 0 Å². The molecule has 9 heavy (non-hydrogen) atoms. The summed E-state index contributed by atoms with van der Waals surface area (Å²) in [7, 11) is 0. The number of nitrogens with one attached hydrogen (secondary N) is 1. The Labute approximate surface area is 55.9 Å². The zero-order chi connectivity index (χ0) is 6.53. The molecule has 0 unspecified atom stereocenters. The Morgan fingerprint density at radius 3 is 3.22 bits per heavy atom. The first-order chi connectivity index (χ1) is 4.43. The lowest BCUT2D eigenvalue weighted by Gasteiger charge is -2.07. The Bertz CT molecular complexity index is 86.9. The molecular weight excluding hydrogens is 114 g/mol. The van der Waals surface area contributed by atoms with Crippen molar-refractivity contribution < 1.29 is 4.74 Å². The normalized spacial score (nSPS) is 26.0. The Morgan fingerprint density at radius 2 is 2.67 bits per heavy atom. The quantitative estimate of drug-likeness (QED) is 0.569. The third-order valence-corrected chi connectivity index (χ3v) is 1.58. The molecule has 1 N–H and O–H groups in total. The number of ether oxygens (including phenoxy) is 1. The molecule has 0 radical (unpaired) electrons. The van der Waals surface area contributed by atoms with Gasteiger partial charge in [-0.05, 0) is 19.4 Å². The van der Waals surface area contributed by atoms with Crippen molar-refractivity contribution in [1.82, 2.24) is 5.32 Å². The molecule has 0 bridgehead atoms. The van der Waals surface area contributed by atoms with E-state index in [1.54, 1.807) is 0 Å². The van der Waals surface area contributed by atoms with E-state index in [0.717, 1.165) is 13.2 Å². The molecule has 1 saturated heterocycles. The maximum Gasteiger partial charge on any atom is 0.103 e. The second kappa shape index (κ2) is 3.51. The topological polar surface area (TPSA) is 21.3 Å². The first kappa shape index (κ1) is 6.62. The van der Waals surface area contributed by atoms with Gasteiger partial charge in [0.2, 0.25) is 0 Å². The maximum absolute atomic E-state index is 5.02. The van der Waals surface area contributed by atoms with Gasteiger partial charge in [-0.3, -0.25) is 0 Å². The van der Waals surface area contributed by atoms with E-state index in [0.29, 0.717) is 6.04 Å². The predicted molar refractivity (Wildman–Crippen MR) is 37.2 cm³/mol. The van der Waals surface area contributed by atoms with Gasteiger partial charge in [0, 0.05) is 6.04 Å². The zero-order valence-corrected chi connectivity index (χ0v) is 5.60. The van der Waals surface area contributed by atoms with Crippen LogP contribution in [-0.4, -0.2) is 19.2 Å². The molecule has 0 aromatic rings. The van der Waals surface area contributed by atoms with Crippen LogP contribution in [0.5, 0.6) is 0 Å². The minimum Gasteiger partial charge on any atom is -0.500 e. The molecule has 0 aromatic carbocycles. The van der Waals surface area contributed by atoms with Crippen LogP contribution in [0, 0.1) is 0 Å². The summed E-state index contributed by atoms with van der Waals surface area (Å²) in [6.45, 7) is 5.40. The summed E-state index contributed by atoms with van der Waals surface area (Å²) in [5, 5.41) is 3.32. The molecule has 1 fully saturated rings. The molecule has 0 aromatic heterocycles. The minimum absolute atomic E-state index is 0.572. The van der Waals surface area contributed by atoms with E-state index in [4.69, 9.17) is 4.74 Å². The van der Waals surface area contributed by atoms with Crippen molar-refractivity contribution in [2.45, 2.75) is 18.9 Å². The molecule has 0 aliphatic carbocycles.